The Labute approximate surface area is 330 Å². The predicted molar refractivity (Wildman–Crippen MR) is 227 cm³/mol. The van der Waals surface area contributed by atoms with Crippen LogP contribution in [0.4, 0.5) is 0 Å². The molecule has 1 unspecified atom stereocenters. The van der Waals surface area contributed by atoms with Crippen LogP contribution in [0.3, 0.4) is 0 Å². The Hall–Kier alpha value is -1.21. The van der Waals surface area contributed by atoms with E-state index in [2.05, 4.69) is 43.1 Å². The highest BCUT2D eigenvalue weighted by molar-refractivity contribution is 5.69. The van der Waals surface area contributed by atoms with Crippen molar-refractivity contribution in [2.45, 2.75) is 213 Å². The summed E-state index contributed by atoms with van der Waals surface area (Å²) in [7, 11) is 0. The second kappa shape index (κ2) is 41.9. The van der Waals surface area contributed by atoms with Crippen molar-refractivity contribution in [3.05, 3.63) is 24.3 Å². The van der Waals surface area contributed by atoms with Gasteiger partial charge in [0.1, 0.15) is 12.7 Å². The molecule has 6 nitrogen and oxygen atoms in total. The van der Waals surface area contributed by atoms with Crippen LogP contribution in [0.15, 0.2) is 24.3 Å². The van der Waals surface area contributed by atoms with Gasteiger partial charge >= 0.3 is 5.97 Å². The molecule has 0 aliphatic carbocycles. The second-order valence-electron chi connectivity index (χ2n) is 15.7. The highest BCUT2D eigenvalue weighted by Gasteiger charge is 2.15. The first-order valence-corrected chi connectivity index (χ1v) is 23.2. The zero-order valence-corrected chi connectivity index (χ0v) is 35.5. The van der Waals surface area contributed by atoms with Crippen LogP contribution in [0.5, 0.6) is 0 Å². The van der Waals surface area contributed by atoms with Crippen LogP contribution in [0.25, 0.3) is 0 Å². The van der Waals surface area contributed by atoms with E-state index >= 15 is 0 Å². The first-order chi connectivity index (χ1) is 26.3. The summed E-state index contributed by atoms with van der Waals surface area (Å²) in [5.74, 6) is -0.127. The first kappa shape index (κ1) is 49.8. The number of rotatable bonds is 41. The van der Waals surface area contributed by atoms with Crippen molar-refractivity contribution in [3.8, 4) is 0 Å². The molecule has 0 aromatic rings. The summed E-state index contributed by atoms with van der Waals surface area (Å²) < 4.78 is 23.3. The molecule has 0 radical (unpaired) electrons. The first-order valence-electron chi connectivity index (χ1n) is 23.2. The number of carbonyl (C=O) groups is 1. The molecule has 0 bridgehead atoms. The minimum Gasteiger partial charge on any atom is -0.463 e. The van der Waals surface area contributed by atoms with Gasteiger partial charge in [-0.15, -0.1) is 0 Å². The molecule has 1 saturated heterocycles. The smallest absolute Gasteiger partial charge is 0.305 e. The lowest BCUT2D eigenvalue weighted by Crippen LogP contribution is -2.37. The average molecular weight is 748 g/mol. The lowest BCUT2D eigenvalue weighted by Gasteiger charge is -2.26. The van der Waals surface area contributed by atoms with E-state index < -0.39 is 0 Å². The van der Waals surface area contributed by atoms with E-state index in [1.165, 1.54) is 167 Å². The SMILES string of the molecule is CCCCCCCCC=CCCCCCCCCOCC(COC(=O)CCCN1CCOCC1)OCCCCCCCCC=CCCCCCCCC. The van der Waals surface area contributed by atoms with E-state index in [9.17, 15) is 4.79 Å². The Balaban J connectivity index is 2.12. The number of allylic oxidation sites excluding steroid dienone is 4. The van der Waals surface area contributed by atoms with Crippen LogP contribution >= 0.6 is 0 Å². The van der Waals surface area contributed by atoms with Gasteiger partial charge < -0.3 is 18.9 Å². The number of ether oxygens (including phenoxy) is 4. The molecular formula is C47H89NO5. The highest BCUT2D eigenvalue weighted by Crippen LogP contribution is 2.13. The highest BCUT2D eigenvalue weighted by atomic mass is 16.6. The molecule has 312 valence electrons. The van der Waals surface area contributed by atoms with Crippen molar-refractivity contribution in [2.24, 2.45) is 0 Å². The maximum atomic E-state index is 12.5. The molecule has 1 aliphatic heterocycles. The molecule has 0 aromatic heterocycles. The minimum atomic E-state index is -0.185. The fourth-order valence-electron chi connectivity index (χ4n) is 6.94. The van der Waals surface area contributed by atoms with E-state index in [0.717, 1.165) is 58.7 Å². The van der Waals surface area contributed by atoms with Gasteiger partial charge in [0.25, 0.3) is 0 Å². The molecule has 1 fully saturated rings. The summed E-state index contributed by atoms with van der Waals surface area (Å²) in [5.41, 5.74) is 0. The van der Waals surface area contributed by atoms with Gasteiger partial charge in [-0.2, -0.15) is 0 Å². The number of unbranched alkanes of at least 4 members (excludes halogenated alkanes) is 24. The molecule has 1 rings (SSSR count). The van der Waals surface area contributed by atoms with Crippen LogP contribution < -0.4 is 0 Å². The van der Waals surface area contributed by atoms with Crippen LogP contribution in [0.2, 0.25) is 0 Å². The normalized spacial score (nSPS) is 14.5. The number of esters is 1. The molecule has 0 N–H and O–H groups in total. The van der Waals surface area contributed by atoms with E-state index in [1.54, 1.807) is 0 Å². The lowest BCUT2D eigenvalue weighted by molar-refractivity contribution is -0.150. The molecule has 6 heteroatoms. The number of morpholine rings is 1. The monoisotopic (exact) mass is 748 g/mol. The number of hydrogen-bond acceptors (Lipinski definition) is 6. The van der Waals surface area contributed by atoms with Crippen molar-refractivity contribution in [3.63, 3.8) is 0 Å². The maximum absolute atomic E-state index is 12.5. The summed E-state index contributed by atoms with van der Waals surface area (Å²) in [5, 5.41) is 0. The lowest BCUT2D eigenvalue weighted by atomic mass is 10.1. The molecule has 1 heterocycles. The predicted octanol–water partition coefficient (Wildman–Crippen LogP) is 13.1. The summed E-state index contributed by atoms with van der Waals surface area (Å²) >= 11 is 0. The van der Waals surface area contributed by atoms with Gasteiger partial charge in [0.15, 0.2) is 0 Å². The molecule has 0 aromatic carbocycles. The Bertz CT molecular complexity index is 796. The van der Waals surface area contributed by atoms with Crippen LogP contribution in [-0.2, 0) is 23.7 Å². The standard InChI is InChI=1S/C47H89NO5/c1-3-5-7-9-11-13-15-17-19-21-23-25-27-29-31-33-40-51-44-46(45-53-47(49)36-35-37-48-38-42-50-43-39-48)52-41-34-32-30-28-26-24-22-20-18-16-14-12-10-8-6-4-2/h17-20,46H,3-16,21-45H2,1-2H3. The Morgan fingerprint density at radius 2 is 0.981 bits per heavy atom. The maximum Gasteiger partial charge on any atom is 0.305 e. The van der Waals surface area contributed by atoms with Gasteiger partial charge in [0.2, 0.25) is 0 Å². The van der Waals surface area contributed by atoms with Gasteiger partial charge in [0, 0.05) is 32.7 Å². The Kier molecular flexibility index (Phi) is 39.4. The summed E-state index contributed by atoms with van der Waals surface area (Å²) in [6, 6.07) is 0. The zero-order valence-electron chi connectivity index (χ0n) is 35.5. The van der Waals surface area contributed by atoms with Crippen molar-refractivity contribution in [1.29, 1.82) is 0 Å². The summed E-state index contributed by atoms with van der Waals surface area (Å²) in [6.07, 6.45) is 47.2. The average Bonchev–Trinajstić information content (AvgIpc) is 3.17. The van der Waals surface area contributed by atoms with Crippen molar-refractivity contribution in [2.75, 3.05) is 59.3 Å². The van der Waals surface area contributed by atoms with Gasteiger partial charge in [-0.05, 0) is 77.2 Å². The molecule has 1 atom stereocenters. The fraction of sp³-hybridized carbons (Fsp3) is 0.894. The molecule has 0 saturated carbocycles. The Morgan fingerprint density at radius 3 is 1.47 bits per heavy atom. The van der Waals surface area contributed by atoms with Crippen LogP contribution in [0.1, 0.15) is 206 Å². The van der Waals surface area contributed by atoms with E-state index in [0.29, 0.717) is 19.6 Å². The van der Waals surface area contributed by atoms with E-state index in [1.807, 2.05) is 0 Å². The van der Waals surface area contributed by atoms with Gasteiger partial charge in [-0.25, -0.2) is 0 Å². The fourth-order valence-corrected chi connectivity index (χ4v) is 6.94. The van der Waals surface area contributed by atoms with Crippen LogP contribution in [0, 0.1) is 0 Å². The third-order valence-electron chi connectivity index (χ3n) is 10.5. The molecule has 0 spiro atoms. The number of hydrogen-bond donors (Lipinski definition) is 0. The van der Waals surface area contributed by atoms with Crippen molar-refractivity contribution >= 4 is 5.97 Å². The Morgan fingerprint density at radius 1 is 0.547 bits per heavy atom. The number of nitrogens with zero attached hydrogens (tertiary/aromatic N) is 1. The van der Waals surface area contributed by atoms with Crippen molar-refractivity contribution in [1.82, 2.24) is 4.90 Å². The zero-order chi connectivity index (χ0) is 38.0. The van der Waals surface area contributed by atoms with Gasteiger partial charge in [0.05, 0.1) is 19.8 Å². The number of carbonyl (C=O) groups excluding carboxylic acids is 1. The van der Waals surface area contributed by atoms with Crippen LogP contribution in [-0.4, -0.2) is 76.2 Å². The largest absolute Gasteiger partial charge is 0.463 e. The van der Waals surface area contributed by atoms with E-state index in [-0.39, 0.29) is 18.7 Å². The minimum absolute atomic E-state index is 0.127. The molecule has 0 amide bonds. The molecule has 1 aliphatic rings. The quantitative estimate of drug-likeness (QED) is 0.0353. The summed E-state index contributed by atoms with van der Waals surface area (Å²) in [4.78, 5) is 14.9. The third-order valence-corrected chi connectivity index (χ3v) is 10.5. The van der Waals surface area contributed by atoms with Gasteiger partial charge in [-0.3, -0.25) is 9.69 Å². The topological polar surface area (TPSA) is 57.2 Å². The molecule has 53 heavy (non-hydrogen) atoms. The van der Waals surface area contributed by atoms with Crippen molar-refractivity contribution < 1.29 is 23.7 Å². The molecular weight excluding hydrogens is 659 g/mol. The third kappa shape index (κ3) is 37.5. The summed E-state index contributed by atoms with van der Waals surface area (Å²) in [6.45, 7) is 11.2. The second-order valence-corrected chi connectivity index (χ2v) is 15.7. The van der Waals surface area contributed by atoms with E-state index in [4.69, 9.17) is 18.9 Å². The van der Waals surface area contributed by atoms with Gasteiger partial charge in [-0.1, -0.05) is 154 Å².